The minimum atomic E-state index is -0.317. The van der Waals surface area contributed by atoms with E-state index in [1.165, 1.54) is 11.3 Å². The third kappa shape index (κ3) is 2.73. The summed E-state index contributed by atoms with van der Waals surface area (Å²) in [5.41, 5.74) is 2.58. The van der Waals surface area contributed by atoms with Crippen molar-refractivity contribution in [2.75, 3.05) is 11.9 Å². The lowest BCUT2D eigenvalue weighted by Crippen LogP contribution is -2.25. The topological polar surface area (TPSA) is 58.4 Å². The number of nitrogens with one attached hydrogen (secondary N) is 2. The van der Waals surface area contributed by atoms with Gasteiger partial charge < -0.3 is 10.6 Å². The smallest absolute Gasteiger partial charge is 0.230 e. The number of imidazole rings is 1. The number of hydrogen-bond donors (Lipinski definition) is 2. The molecular weight excluding hydrogens is 315 g/mol. The van der Waals surface area contributed by atoms with Gasteiger partial charge in [0.05, 0.1) is 17.8 Å². The largest absolute Gasteiger partial charge is 0.323 e. The van der Waals surface area contributed by atoms with Crippen molar-refractivity contribution in [3.8, 4) is 0 Å². The number of benzene rings is 1. The van der Waals surface area contributed by atoms with Gasteiger partial charge in [-0.1, -0.05) is 6.07 Å². The molecule has 3 aromatic rings. The molecule has 0 saturated heterocycles. The molecule has 0 unspecified atom stereocenters. The van der Waals surface area contributed by atoms with Crippen LogP contribution in [0, 0.1) is 5.82 Å². The zero-order valence-electron chi connectivity index (χ0n) is 12.3. The molecule has 0 fully saturated rings. The highest BCUT2D eigenvalue weighted by Gasteiger charge is 2.18. The third-order valence-electron chi connectivity index (χ3n) is 3.97. The molecule has 7 heteroatoms. The fourth-order valence-corrected chi connectivity index (χ4v) is 3.57. The van der Waals surface area contributed by atoms with E-state index in [0.717, 1.165) is 17.1 Å². The van der Waals surface area contributed by atoms with Gasteiger partial charge >= 0.3 is 0 Å². The molecule has 2 aromatic heterocycles. The molecule has 118 valence electrons. The fraction of sp³-hybridized carbons (Fsp3) is 0.250. The predicted molar refractivity (Wildman–Crippen MR) is 87.2 cm³/mol. The molecule has 0 radical (unpaired) electrons. The average molecular weight is 330 g/mol. The van der Waals surface area contributed by atoms with Gasteiger partial charge in [0.15, 0.2) is 4.96 Å². The van der Waals surface area contributed by atoms with Gasteiger partial charge in [-0.3, -0.25) is 9.20 Å². The Morgan fingerprint density at radius 1 is 1.48 bits per heavy atom. The summed E-state index contributed by atoms with van der Waals surface area (Å²) in [5.74, 6) is -0.577. The lowest BCUT2D eigenvalue weighted by Gasteiger charge is -2.19. The third-order valence-corrected chi connectivity index (χ3v) is 4.74. The quantitative estimate of drug-likeness (QED) is 0.775. The summed E-state index contributed by atoms with van der Waals surface area (Å²) in [7, 11) is 0. The van der Waals surface area contributed by atoms with Crippen LogP contribution in [0.3, 0.4) is 0 Å². The SMILES string of the molecule is O=C(Cc1cn2ccsc2n1)Nc1ccc2c(c1F)CCNC2. The highest BCUT2D eigenvalue weighted by atomic mass is 32.1. The van der Waals surface area contributed by atoms with E-state index in [9.17, 15) is 9.18 Å². The lowest BCUT2D eigenvalue weighted by molar-refractivity contribution is -0.115. The summed E-state index contributed by atoms with van der Waals surface area (Å²) in [4.78, 5) is 17.4. The Morgan fingerprint density at radius 2 is 2.39 bits per heavy atom. The van der Waals surface area contributed by atoms with E-state index < -0.39 is 0 Å². The Balaban J connectivity index is 1.51. The highest BCUT2D eigenvalue weighted by molar-refractivity contribution is 7.15. The van der Waals surface area contributed by atoms with Crippen molar-refractivity contribution >= 4 is 27.9 Å². The summed E-state index contributed by atoms with van der Waals surface area (Å²) in [6, 6.07) is 3.50. The molecule has 1 aromatic carbocycles. The van der Waals surface area contributed by atoms with Crippen molar-refractivity contribution in [2.45, 2.75) is 19.4 Å². The van der Waals surface area contributed by atoms with Crippen molar-refractivity contribution in [1.82, 2.24) is 14.7 Å². The van der Waals surface area contributed by atoms with E-state index in [2.05, 4.69) is 15.6 Å². The molecule has 2 N–H and O–H groups in total. The van der Waals surface area contributed by atoms with E-state index in [-0.39, 0.29) is 23.8 Å². The van der Waals surface area contributed by atoms with Crippen LogP contribution in [0.4, 0.5) is 10.1 Å². The van der Waals surface area contributed by atoms with Crippen molar-refractivity contribution in [3.63, 3.8) is 0 Å². The van der Waals surface area contributed by atoms with Crippen molar-refractivity contribution in [1.29, 1.82) is 0 Å². The molecule has 1 aliphatic rings. The maximum Gasteiger partial charge on any atom is 0.230 e. The number of carbonyl (C=O) groups excluding carboxylic acids is 1. The number of carbonyl (C=O) groups is 1. The molecule has 4 rings (SSSR count). The second-order valence-electron chi connectivity index (χ2n) is 5.54. The summed E-state index contributed by atoms with van der Waals surface area (Å²) in [5, 5.41) is 7.81. The normalized spacial score (nSPS) is 14.0. The van der Waals surface area contributed by atoms with E-state index in [4.69, 9.17) is 0 Å². The van der Waals surface area contributed by atoms with Crippen LogP contribution < -0.4 is 10.6 Å². The van der Waals surface area contributed by atoms with Crippen LogP contribution in [0.1, 0.15) is 16.8 Å². The Labute approximate surface area is 136 Å². The molecule has 0 saturated carbocycles. The van der Waals surface area contributed by atoms with Gasteiger partial charge in [-0.15, -0.1) is 11.3 Å². The van der Waals surface area contributed by atoms with E-state index in [1.54, 1.807) is 6.07 Å². The van der Waals surface area contributed by atoms with Crippen molar-refractivity contribution in [2.24, 2.45) is 0 Å². The highest BCUT2D eigenvalue weighted by Crippen LogP contribution is 2.24. The van der Waals surface area contributed by atoms with Gasteiger partial charge in [0.25, 0.3) is 0 Å². The molecular formula is C16H15FN4OS. The summed E-state index contributed by atoms with van der Waals surface area (Å²) < 4.78 is 16.4. The Kier molecular flexibility index (Phi) is 3.59. The van der Waals surface area contributed by atoms with Crippen molar-refractivity contribution in [3.05, 3.63) is 52.5 Å². The number of nitrogens with zero attached hydrogens (tertiary/aromatic N) is 2. The number of halogens is 1. The molecule has 0 atom stereocenters. The number of thiazole rings is 1. The summed E-state index contributed by atoms with van der Waals surface area (Å²) >= 11 is 1.51. The first kappa shape index (κ1) is 14.3. The Hall–Kier alpha value is -2.25. The lowest BCUT2D eigenvalue weighted by atomic mass is 9.99. The summed E-state index contributed by atoms with van der Waals surface area (Å²) in [6.45, 7) is 1.43. The minimum Gasteiger partial charge on any atom is -0.323 e. The molecule has 1 amide bonds. The Morgan fingerprint density at radius 3 is 3.26 bits per heavy atom. The van der Waals surface area contributed by atoms with Crippen LogP contribution in [0.15, 0.2) is 29.9 Å². The number of hydrogen-bond acceptors (Lipinski definition) is 4. The van der Waals surface area contributed by atoms with Crippen LogP contribution in [0.2, 0.25) is 0 Å². The predicted octanol–water partition coefficient (Wildman–Crippen LogP) is 2.36. The van der Waals surface area contributed by atoms with Gasteiger partial charge in [0, 0.05) is 24.3 Å². The minimum absolute atomic E-state index is 0.131. The van der Waals surface area contributed by atoms with Crippen LogP contribution in [0.25, 0.3) is 4.96 Å². The maximum absolute atomic E-state index is 14.5. The molecule has 23 heavy (non-hydrogen) atoms. The first-order valence-electron chi connectivity index (χ1n) is 7.42. The molecule has 0 aliphatic carbocycles. The molecule has 1 aliphatic heterocycles. The van der Waals surface area contributed by atoms with Gasteiger partial charge in [-0.2, -0.15) is 0 Å². The number of anilines is 1. The van der Waals surface area contributed by atoms with Crippen LogP contribution in [-0.4, -0.2) is 21.8 Å². The zero-order valence-corrected chi connectivity index (χ0v) is 13.1. The van der Waals surface area contributed by atoms with Crippen molar-refractivity contribution < 1.29 is 9.18 Å². The zero-order chi connectivity index (χ0) is 15.8. The molecule has 5 nitrogen and oxygen atoms in total. The summed E-state index contributed by atoms with van der Waals surface area (Å²) in [6.07, 6.45) is 4.49. The fourth-order valence-electron chi connectivity index (χ4n) is 2.85. The maximum atomic E-state index is 14.5. The number of rotatable bonds is 3. The van der Waals surface area contributed by atoms with E-state index >= 15 is 0 Å². The first-order chi connectivity index (χ1) is 11.2. The van der Waals surface area contributed by atoms with Gasteiger partial charge in [-0.05, 0) is 30.2 Å². The van der Waals surface area contributed by atoms with Gasteiger partial charge in [0.1, 0.15) is 5.82 Å². The van der Waals surface area contributed by atoms with Gasteiger partial charge in [0.2, 0.25) is 5.91 Å². The van der Waals surface area contributed by atoms with Crippen LogP contribution in [0.5, 0.6) is 0 Å². The van der Waals surface area contributed by atoms with E-state index in [1.807, 2.05) is 28.2 Å². The average Bonchev–Trinajstić information content (AvgIpc) is 3.11. The van der Waals surface area contributed by atoms with Gasteiger partial charge in [-0.25, -0.2) is 9.37 Å². The second kappa shape index (κ2) is 5.75. The monoisotopic (exact) mass is 330 g/mol. The number of aromatic nitrogens is 2. The van der Waals surface area contributed by atoms with E-state index in [0.29, 0.717) is 24.2 Å². The van der Waals surface area contributed by atoms with Crippen LogP contribution >= 0.6 is 11.3 Å². The first-order valence-corrected chi connectivity index (χ1v) is 8.30. The molecule has 0 bridgehead atoms. The second-order valence-corrected chi connectivity index (χ2v) is 6.41. The molecule has 3 heterocycles. The molecule has 0 spiro atoms. The van der Waals surface area contributed by atoms with Crippen LogP contribution in [-0.2, 0) is 24.2 Å². The number of fused-ring (bicyclic) bond motifs is 2. The number of amides is 1. The standard InChI is InChI=1S/C16H15FN4OS/c17-15-12-3-4-18-8-10(12)1-2-13(15)20-14(22)7-11-9-21-5-6-23-16(21)19-11/h1-2,5-6,9,18H,3-4,7-8H2,(H,20,22). The Bertz CT molecular complexity index is 857.